The minimum atomic E-state index is -0.920. The third kappa shape index (κ3) is 20.5. The summed E-state index contributed by atoms with van der Waals surface area (Å²) < 4.78 is 24.3. The van der Waals surface area contributed by atoms with Gasteiger partial charge in [0.15, 0.2) is 5.82 Å². The van der Waals surface area contributed by atoms with Crippen LogP contribution in [0.15, 0.2) is 0 Å². The zero-order valence-corrected chi connectivity index (χ0v) is 39.4. The molecule has 21 nitrogen and oxygen atoms in total. The van der Waals surface area contributed by atoms with E-state index in [4.69, 9.17) is 41.1 Å². The maximum absolute atomic E-state index is 13.7. The Kier molecular flexibility index (Phi) is 25.4. The maximum Gasteiger partial charge on any atom is 0.312 e. The van der Waals surface area contributed by atoms with E-state index < -0.39 is 24.0 Å². The van der Waals surface area contributed by atoms with Crippen LogP contribution in [0.2, 0.25) is 0 Å². The van der Waals surface area contributed by atoms with Crippen LogP contribution in [0.25, 0.3) is 11.0 Å². The molecule has 1 aliphatic carbocycles. The Morgan fingerprint density at radius 1 is 0.769 bits per heavy atom. The first-order chi connectivity index (χ1) is 31.2. The van der Waals surface area contributed by atoms with E-state index >= 15 is 0 Å². The van der Waals surface area contributed by atoms with Crippen molar-refractivity contribution in [1.82, 2.24) is 46.3 Å². The van der Waals surface area contributed by atoms with Gasteiger partial charge in [0.2, 0.25) is 23.6 Å². The van der Waals surface area contributed by atoms with E-state index in [-0.39, 0.29) is 73.7 Å². The molecule has 6 amide bonds. The van der Waals surface area contributed by atoms with Crippen molar-refractivity contribution in [2.24, 2.45) is 29.2 Å². The number of imidazole rings is 1. The van der Waals surface area contributed by atoms with Gasteiger partial charge in [0.05, 0.1) is 45.7 Å². The third-order valence-corrected chi connectivity index (χ3v) is 11.1. The van der Waals surface area contributed by atoms with Crippen LogP contribution in [-0.2, 0) is 46.4 Å². The summed E-state index contributed by atoms with van der Waals surface area (Å²) in [5.74, 6) is 0.529. The number of fused-ring (bicyclic) bond motifs is 1. The highest BCUT2D eigenvalue weighted by Gasteiger charge is 2.30. The Labute approximate surface area is 383 Å². The Balaban J connectivity index is 1.49. The minimum Gasteiger partial charge on any atom is -0.472 e. The average molecular weight is 919 g/mol. The average Bonchev–Trinajstić information content (AvgIpc) is 3.63. The van der Waals surface area contributed by atoms with Crippen molar-refractivity contribution >= 4 is 46.5 Å². The summed E-state index contributed by atoms with van der Waals surface area (Å²) >= 11 is 0. The number of unbranched alkanes of at least 4 members (excludes halogenated alkanes) is 1. The molecule has 0 radical (unpaired) electrons. The Hall–Kier alpha value is -4.86. The van der Waals surface area contributed by atoms with Crippen molar-refractivity contribution in [2.75, 3.05) is 71.6 Å². The number of urea groups is 1. The van der Waals surface area contributed by atoms with Gasteiger partial charge in [-0.1, -0.05) is 27.2 Å². The van der Waals surface area contributed by atoms with E-state index in [0.29, 0.717) is 83.0 Å². The molecule has 0 spiro atoms. The number of hydrogen-bond donors (Lipinski definition) is 8. The summed E-state index contributed by atoms with van der Waals surface area (Å²) in [5, 5.41) is 22.4. The standard InChI is InChI=1S/C44H78N12O9/c1-6-7-11-34-52-38-39(43(65-30(4)5)55-54-40(38)46)56(34)28-32-16-14-31(15-17-32)27-50-41(59)33(10-9-19-49-44(47)61)51-42(60)37(29(2)3)53-36(58)13-8-12-35(57)48-20-22-63-24-26-64-25-23-62-21-18-45/h29-33,37H,6-28,45H2,1-5H3,(H2,46,54)(H,48,57)(H,50,59)(H,51,60)(H,53,58)(H3,47,49,61)/t31-,32-,33-,37-/m0/s1. The van der Waals surface area contributed by atoms with Crippen molar-refractivity contribution in [3.8, 4) is 5.88 Å². The first kappa shape index (κ1) is 54.5. The Bertz CT molecular complexity index is 1750. The number of anilines is 1. The van der Waals surface area contributed by atoms with Crippen LogP contribution in [0, 0.1) is 17.8 Å². The van der Waals surface area contributed by atoms with E-state index in [1.54, 1.807) is 13.8 Å². The maximum atomic E-state index is 13.7. The molecule has 0 saturated heterocycles. The number of nitrogen functional groups attached to an aromatic ring is 1. The van der Waals surface area contributed by atoms with Gasteiger partial charge in [0.25, 0.3) is 5.88 Å². The molecule has 65 heavy (non-hydrogen) atoms. The molecule has 1 saturated carbocycles. The summed E-state index contributed by atoms with van der Waals surface area (Å²) in [7, 11) is 0. The number of aryl methyl sites for hydroxylation is 1. The molecule has 1 fully saturated rings. The molecule has 2 heterocycles. The number of amides is 6. The van der Waals surface area contributed by atoms with Gasteiger partial charge in [-0.05, 0) is 83.0 Å². The van der Waals surface area contributed by atoms with Gasteiger partial charge in [-0.15, -0.1) is 10.2 Å². The predicted octanol–water partition coefficient (Wildman–Crippen LogP) is 1.83. The molecule has 368 valence electrons. The molecular weight excluding hydrogens is 841 g/mol. The van der Waals surface area contributed by atoms with Crippen LogP contribution in [0.3, 0.4) is 0 Å². The van der Waals surface area contributed by atoms with Gasteiger partial charge >= 0.3 is 6.03 Å². The van der Waals surface area contributed by atoms with E-state index in [9.17, 15) is 24.0 Å². The second-order valence-corrected chi connectivity index (χ2v) is 17.2. The van der Waals surface area contributed by atoms with E-state index in [2.05, 4.69) is 48.3 Å². The minimum absolute atomic E-state index is 0.0353. The molecule has 11 N–H and O–H groups in total. The van der Waals surface area contributed by atoms with Crippen LogP contribution < -0.4 is 48.5 Å². The summed E-state index contributed by atoms with van der Waals surface area (Å²) in [4.78, 5) is 68.8. The second kappa shape index (κ2) is 30.4. The zero-order chi connectivity index (χ0) is 47.6. The number of aromatic nitrogens is 4. The Morgan fingerprint density at radius 2 is 1.43 bits per heavy atom. The van der Waals surface area contributed by atoms with E-state index in [1.165, 1.54) is 0 Å². The molecule has 2 atom stereocenters. The number of nitrogens with two attached hydrogens (primary N) is 3. The molecule has 2 aromatic heterocycles. The van der Waals surface area contributed by atoms with Gasteiger partial charge in [-0.25, -0.2) is 9.78 Å². The number of nitrogens with zero attached hydrogens (tertiary/aromatic N) is 4. The number of primary amides is 1. The van der Waals surface area contributed by atoms with Gasteiger partial charge in [-0.2, -0.15) is 0 Å². The molecule has 0 aliphatic heterocycles. The SMILES string of the molecule is CCCCc1nc2c(N)nnc(OC(C)C)c2n1C[C@H]1CC[C@H](CNC(=O)[C@H](CCCNC(N)=O)NC(=O)[C@@H](NC(=O)CCCC(=O)NCCOCCOCCOCCN)C(C)C)CC1. The zero-order valence-electron chi connectivity index (χ0n) is 39.4. The van der Waals surface area contributed by atoms with Crippen LogP contribution in [0.5, 0.6) is 5.88 Å². The Morgan fingerprint density at radius 3 is 2.08 bits per heavy atom. The molecule has 1 aliphatic rings. The van der Waals surface area contributed by atoms with Crippen molar-refractivity contribution in [3.05, 3.63) is 5.82 Å². The number of carbonyl (C=O) groups is 5. The van der Waals surface area contributed by atoms with Gasteiger partial charge in [0, 0.05) is 52.0 Å². The van der Waals surface area contributed by atoms with Gasteiger partial charge < -0.3 is 67.3 Å². The van der Waals surface area contributed by atoms with Crippen LogP contribution >= 0.6 is 0 Å². The lowest BCUT2D eigenvalue weighted by molar-refractivity contribution is -0.133. The summed E-state index contributed by atoms with van der Waals surface area (Å²) in [6.07, 6.45) is 7.47. The summed E-state index contributed by atoms with van der Waals surface area (Å²) in [5.41, 5.74) is 18.3. The fourth-order valence-corrected chi connectivity index (χ4v) is 7.57. The second-order valence-electron chi connectivity index (χ2n) is 17.2. The molecule has 0 unspecified atom stereocenters. The summed E-state index contributed by atoms with van der Waals surface area (Å²) in [6.45, 7) is 14.4. The van der Waals surface area contributed by atoms with Crippen molar-refractivity contribution in [3.63, 3.8) is 0 Å². The number of carbonyl (C=O) groups excluding carboxylic acids is 5. The lowest BCUT2D eigenvalue weighted by Gasteiger charge is -2.30. The number of ether oxygens (including phenoxy) is 4. The van der Waals surface area contributed by atoms with E-state index in [1.807, 2.05) is 13.8 Å². The molecule has 3 rings (SSSR count). The molecular formula is C44H78N12O9. The smallest absolute Gasteiger partial charge is 0.312 e. The first-order valence-corrected chi connectivity index (χ1v) is 23.5. The third-order valence-electron chi connectivity index (χ3n) is 11.1. The van der Waals surface area contributed by atoms with Crippen molar-refractivity contribution in [1.29, 1.82) is 0 Å². The highest BCUT2D eigenvalue weighted by atomic mass is 16.5. The molecule has 2 aromatic rings. The van der Waals surface area contributed by atoms with Gasteiger partial charge in [0.1, 0.15) is 28.9 Å². The van der Waals surface area contributed by atoms with Crippen LogP contribution in [-0.4, -0.2) is 133 Å². The van der Waals surface area contributed by atoms with Crippen LogP contribution in [0.1, 0.15) is 111 Å². The van der Waals surface area contributed by atoms with Gasteiger partial charge in [-0.3, -0.25) is 19.2 Å². The largest absolute Gasteiger partial charge is 0.472 e. The monoisotopic (exact) mass is 919 g/mol. The summed E-state index contributed by atoms with van der Waals surface area (Å²) in [6, 6.07) is -2.52. The topological polar surface area (TPSA) is 304 Å². The first-order valence-electron chi connectivity index (χ1n) is 23.5. The molecule has 21 heteroatoms. The number of nitrogens with one attached hydrogen (secondary N) is 5. The fourth-order valence-electron chi connectivity index (χ4n) is 7.57. The lowest BCUT2D eigenvalue weighted by Crippen LogP contribution is -2.55. The quantitative estimate of drug-likeness (QED) is 0.0474. The highest BCUT2D eigenvalue weighted by Crippen LogP contribution is 2.34. The van der Waals surface area contributed by atoms with Crippen LogP contribution in [0.4, 0.5) is 10.6 Å². The fraction of sp³-hybridized carbons (Fsp3) is 0.773. The van der Waals surface area contributed by atoms with Crippen molar-refractivity contribution in [2.45, 2.75) is 136 Å². The molecule has 0 bridgehead atoms. The normalized spacial score (nSPS) is 16.0. The number of hydrogen-bond acceptors (Lipinski definition) is 14. The predicted molar refractivity (Wildman–Crippen MR) is 246 cm³/mol. The van der Waals surface area contributed by atoms with Crippen molar-refractivity contribution < 1.29 is 42.9 Å². The molecule has 0 aromatic carbocycles. The number of rotatable bonds is 33. The highest BCUT2D eigenvalue weighted by molar-refractivity contribution is 5.92. The lowest BCUT2D eigenvalue weighted by atomic mass is 9.82. The van der Waals surface area contributed by atoms with E-state index in [0.717, 1.165) is 62.8 Å².